The molecule has 2 N–H and O–H groups in total. The van der Waals surface area contributed by atoms with Gasteiger partial charge in [0.05, 0.1) is 5.92 Å². The van der Waals surface area contributed by atoms with Crippen molar-refractivity contribution < 1.29 is 14.7 Å². The van der Waals surface area contributed by atoms with Gasteiger partial charge in [0.1, 0.15) is 0 Å². The first-order chi connectivity index (χ1) is 8.00. The van der Waals surface area contributed by atoms with E-state index in [0.717, 1.165) is 3.57 Å². The number of nitrogens with one attached hydrogen (secondary N) is 1. The molecular weight excluding hydrogens is 333 g/mol. The van der Waals surface area contributed by atoms with Crippen molar-refractivity contribution in [2.45, 2.75) is 13.3 Å². The van der Waals surface area contributed by atoms with Crippen LogP contribution in [0.15, 0.2) is 24.3 Å². The second-order valence-electron chi connectivity index (χ2n) is 3.79. The van der Waals surface area contributed by atoms with Crippen LogP contribution in [0.25, 0.3) is 0 Å². The summed E-state index contributed by atoms with van der Waals surface area (Å²) in [5.74, 6) is -1.44. The maximum atomic E-state index is 11.6. The maximum Gasteiger partial charge on any atom is 0.306 e. The van der Waals surface area contributed by atoms with Crippen molar-refractivity contribution in [2.24, 2.45) is 5.92 Å². The highest BCUT2D eigenvalue weighted by atomic mass is 127. The zero-order valence-electron chi connectivity index (χ0n) is 9.44. The Morgan fingerprint density at radius 2 is 1.94 bits per heavy atom. The third kappa shape index (κ3) is 4.72. The first kappa shape index (κ1) is 14.0. The molecule has 1 aromatic rings. The summed E-state index contributed by atoms with van der Waals surface area (Å²) in [7, 11) is 0. The fraction of sp³-hybridized carbons (Fsp3) is 0.333. The van der Waals surface area contributed by atoms with Gasteiger partial charge in [-0.05, 0) is 53.3 Å². The van der Waals surface area contributed by atoms with Crippen LogP contribution in [0, 0.1) is 9.49 Å². The molecule has 0 aromatic heterocycles. The number of halogens is 1. The lowest BCUT2D eigenvalue weighted by molar-refractivity contribution is -0.141. The number of aliphatic carboxylic acids is 1. The molecule has 1 rings (SSSR count). The van der Waals surface area contributed by atoms with Crippen LogP contribution in [0.4, 0.5) is 0 Å². The summed E-state index contributed by atoms with van der Waals surface area (Å²) in [4.78, 5) is 22.2. The molecule has 1 aromatic carbocycles. The van der Waals surface area contributed by atoms with Gasteiger partial charge in [0.15, 0.2) is 0 Å². The number of hydrogen-bond donors (Lipinski definition) is 2. The molecule has 0 aliphatic rings. The number of carboxylic acid groups (broad SMARTS) is 1. The van der Waals surface area contributed by atoms with E-state index in [1.807, 2.05) is 12.1 Å². The van der Waals surface area contributed by atoms with Crippen molar-refractivity contribution in [3.63, 3.8) is 0 Å². The molecular formula is C12H14INO3. The monoisotopic (exact) mass is 347 g/mol. The highest BCUT2D eigenvalue weighted by molar-refractivity contribution is 14.1. The third-order valence-electron chi connectivity index (χ3n) is 2.39. The zero-order valence-corrected chi connectivity index (χ0v) is 11.6. The molecule has 0 heterocycles. The molecule has 1 unspecified atom stereocenters. The molecule has 0 radical (unpaired) electrons. The smallest absolute Gasteiger partial charge is 0.306 e. The average molecular weight is 347 g/mol. The van der Waals surface area contributed by atoms with Crippen molar-refractivity contribution in [3.8, 4) is 0 Å². The average Bonchev–Trinajstić information content (AvgIpc) is 2.29. The molecule has 5 heteroatoms. The van der Waals surface area contributed by atoms with Crippen molar-refractivity contribution in [1.82, 2.24) is 5.32 Å². The molecule has 1 amide bonds. The van der Waals surface area contributed by atoms with Crippen LogP contribution in [0.1, 0.15) is 23.7 Å². The van der Waals surface area contributed by atoms with Crippen LogP contribution >= 0.6 is 22.6 Å². The van der Waals surface area contributed by atoms with Crippen LogP contribution in [0.5, 0.6) is 0 Å². The lowest BCUT2D eigenvalue weighted by atomic mass is 10.1. The van der Waals surface area contributed by atoms with Crippen molar-refractivity contribution in [1.29, 1.82) is 0 Å². The number of benzene rings is 1. The minimum absolute atomic E-state index is 0.168. The van der Waals surface area contributed by atoms with Crippen LogP contribution in [0.3, 0.4) is 0 Å². The molecule has 0 spiro atoms. The molecule has 17 heavy (non-hydrogen) atoms. The normalized spacial score (nSPS) is 11.9. The number of carbonyl (C=O) groups is 2. The summed E-state index contributed by atoms with van der Waals surface area (Å²) in [6, 6.07) is 7.21. The third-order valence-corrected chi connectivity index (χ3v) is 3.11. The summed E-state index contributed by atoms with van der Waals surface area (Å²) >= 11 is 2.17. The van der Waals surface area contributed by atoms with E-state index < -0.39 is 11.9 Å². The summed E-state index contributed by atoms with van der Waals surface area (Å²) in [5.41, 5.74) is 0.591. The molecule has 0 saturated carbocycles. The molecule has 1 atom stereocenters. The minimum Gasteiger partial charge on any atom is -0.481 e. The summed E-state index contributed by atoms with van der Waals surface area (Å²) in [6.07, 6.45) is 0.436. The molecule has 0 aliphatic heterocycles. The van der Waals surface area contributed by atoms with Crippen LogP contribution in [-0.4, -0.2) is 23.5 Å². The van der Waals surface area contributed by atoms with E-state index >= 15 is 0 Å². The van der Waals surface area contributed by atoms with Gasteiger partial charge in [-0.15, -0.1) is 0 Å². The second-order valence-corrected chi connectivity index (χ2v) is 5.04. The molecule has 92 valence electrons. The lowest BCUT2D eigenvalue weighted by Crippen LogP contribution is -2.26. The van der Waals surface area contributed by atoms with E-state index in [2.05, 4.69) is 27.9 Å². The van der Waals surface area contributed by atoms with Crippen molar-refractivity contribution in [2.75, 3.05) is 6.54 Å². The number of rotatable bonds is 5. The Balaban J connectivity index is 2.40. The van der Waals surface area contributed by atoms with Crippen LogP contribution in [-0.2, 0) is 4.79 Å². The Labute approximate surface area is 114 Å². The molecule has 0 fully saturated rings. The molecule has 0 bridgehead atoms. The Morgan fingerprint density at radius 1 is 1.35 bits per heavy atom. The van der Waals surface area contributed by atoms with E-state index in [1.54, 1.807) is 19.1 Å². The van der Waals surface area contributed by atoms with Gasteiger partial charge in [-0.2, -0.15) is 0 Å². The molecule has 4 nitrogen and oxygen atoms in total. The van der Waals surface area contributed by atoms with Crippen molar-refractivity contribution in [3.05, 3.63) is 33.4 Å². The Morgan fingerprint density at radius 3 is 2.47 bits per heavy atom. The van der Waals surface area contributed by atoms with Gasteiger partial charge >= 0.3 is 5.97 Å². The van der Waals surface area contributed by atoms with Crippen molar-refractivity contribution >= 4 is 34.5 Å². The van der Waals surface area contributed by atoms with E-state index in [4.69, 9.17) is 5.11 Å². The van der Waals surface area contributed by atoms with Gasteiger partial charge in [0.25, 0.3) is 5.91 Å². The van der Waals surface area contributed by atoms with E-state index in [0.29, 0.717) is 18.5 Å². The van der Waals surface area contributed by atoms with Gasteiger partial charge in [-0.25, -0.2) is 0 Å². The zero-order chi connectivity index (χ0) is 12.8. The van der Waals surface area contributed by atoms with Gasteiger partial charge in [0, 0.05) is 15.7 Å². The maximum absolute atomic E-state index is 11.6. The first-order valence-corrected chi connectivity index (χ1v) is 6.35. The van der Waals surface area contributed by atoms with Gasteiger partial charge < -0.3 is 10.4 Å². The standard InChI is InChI=1S/C12H14INO3/c1-8(12(16)17)6-7-14-11(15)9-2-4-10(13)5-3-9/h2-5,8H,6-7H2,1H3,(H,14,15)(H,16,17). The summed E-state index contributed by atoms with van der Waals surface area (Å²) in [5, 5.41) is 11.4. The predicted molar refractivity (Wildman–Crippen MR) is 72.9 cm³/mol. The lowest BCUT2D eigenvalue weighted by Gasteiger charge is -2.07. The summed E-state index contributed by atoms with van der Waals surface area (Å²) in [6.45, 7) is 2.00. The van der Waals surface area contributed by atoms with E-state index in [-0.39, 0.29) is 5.91 Å². The van der Waals surface area contributed by atoms with Gasteiger partial charge in [-0.3, -0.25) is 9.59 Å². The predicted octanol–water partition coefficient (Wildman–Crippen LogP) is 2.13. The van der Waals surface area contributed by atoms with Gasteiger partial charge in [-0.1, -0.05) is 6.92 Å². The highest BCUT2D eigenvalue weighted by Gasteiger charge is 2.11. The minimum atomic E-state index is -0.839. The van der Waals surface area contributed by atoms with Crippen LogP contribution < -0.4 is 5.32 Å². The van der Waals surface area contributed by atoms with Gasteiger partial charge in [0.2, 0.25) is 0 Å². The largest absolute Gasteiger partial charge is 0.481 e. The molecule has 0 aliphatic carbocycles. The fourth-order valence-electron chi connectivity index (χ4n) is 1.23. The van der Waals surface area contributed by atoms with E-state index in [9.17, 15) is 9.59 Å². The quantitative estimate of drug-likeness (QED) is 0.802. The highest BCUT2D eigenvalue weighted by Crippen LogP contribution is 2.07. The number of hydrogen-bond acceptors (Lipinski definition) is 2. The number of carbonyl (C=O) groups excluding carboxylic acids is 1. The SMILES string of the molecule is CC(CCNC(=O)c1ccc(I)cc1)C(=O)O. The first-order valence-electron chi connectivity index (χ1n) is 5.27. The summed E-state index contributed by atoms with van der Waals surface area (Å²) < 4.78 is 1.07. The topological polar surface area (TPSA) is 66.4 Å². The molecule has 0 saturated heterocycles. The fourth-order valence-corrected chi connectivity index (χ4v) is 1.59. The van der Waals surface area contributed by atoms with E-state index in [1.165, 1.54) is 0 Å². The Kier molecular flexibility index (Phi) is 5.40. The Hall–Kier alpha value is -1.11. The number of carboxylic acids is 1. The Bertz CT molecular complexity index is 403. The second kappa shape index (κ2) is 6.58. The number of amides is 1. The van der Waals surface area contributed by atoms with Crippen LogP contribution in [0.2, 0.25) is 0 Å².